The zero-order valence-electron chi connectivity index (χ0n) is 35.1. The molecule has 0 saturated carbocycles. The van der Waals surface area contributed by atoms with E-state index in [1.807, 2.05) is 13.8 Å². The third-order valence-corrected chi connectivity index (χ3v) is 11.3. The van der Waals surface area contributed by atoms with Crippen LogP contribution in [-0.4, -0.2) is 142 Å². The van der Waals surface area contributed by atoms with Gasteiger partial charge in [0.1, 0.15) is 42.3 Å². The van der Waals surface area contributed by atoms with Gasteiger partial charge in [0.25, 0.3) is 0 Å². The highest BCUT2D eigenvalue weighted by atomic mass is 32.1. The molecule has 20 heteroatoms. The lowest BCUT2D eigenvalue weighted by Crippen LogP contribution is -2.61. The minimum atomic E-state index is -1.36. The Bertz CT molecular complexity index is 1560. The molecule has 3 rings (SSSR count). The van der Waals surface area contributed by atoms with Gasteiger partial charge < -0.3 is 52.5 Å². The molecule has 19 nitrogen and oxygen atoms in total. The number of rotatable bonds is 21. The van der Waals surface area contributed by atoms with Crippen molar-refractivity contribution in [3.05, 3.63) is 0 Å². The van der Waals surface area contributed by atoms with Crippen LogP contribution in [0.15, 0.2) is 0 Å². The van der Waals surface area contributed by atoms with Crippen molar-refractivity contribution in [1.29, 1.82) is 0 Å². The summed E-state index contributed by atoms with van der Waals surface area (Å²) in [5.41, 5.74) is 5.40. The first-order chi connectivity index (χ1) is 27.8. The number of carbonyl (C=O) groups is 9. The second-order valence-corrected chi connectivity index (χ2v) is 17.2. The molecule has 3 aliphatic rings. The number of nitrogens with one attached hydrogen (secondary N) is 6. The summed E-state index contributed by atoms with van der Waals surface area (Å²) in [5, 5.41) is 25.7. The SMILES string of the molecule is CC(C)CC(NC(=O)C1CCCN1C(=O)C1CCCN1)C(=O)N1CCCC1C(=O)NC(CCC(N)=O)C(=O)NC(C(=O)NC(C(=O)NC(CS)C(=O)O)C(C)C)C(C)C. The summed E-state index contributed by atoms with van der Waals surface area (Å²) in [7, 11) is 0. The quantitative estimate of drug-likeness (QED) is 0.0618. The molecular weight excluding hydrogens is 787 g/mol. The second kappa shape index (κ2) is 22.8. The molecule has 59 heavy (non-hydrogen) atoms. The molecule has 0 aromatic carbocycles. The van der Waals surface area contributed by atoms with Crippen LogP contribution in [0.3, 0.4) is 0 Å². The molecule has 0 aromatic rings. The highest BCUT2D eigenvalue weighted by molar-refractivity contribution is 7.80. The van der Waals surface area contributed by atoms with Gasteiger partial charge in [-0.1, -0.05) is 41.5 Å². The Balaban J connectivity index is 1.75. The van der Waals surface area contributed by atoms with Crippen LogP contribution < -0.4 is 37.6 Å². The van der Waals surface area contributed by atoms with Crippen molar-refractivity contribution in [3.8, 4) is 0 Å². The lowest BCUT2D eigenvalue weighted by molar-refractivity contribution is -0.144. The average Bonchev–Trinajstić information content (AvgIpc) is 3.98. The topological polar surface area (TPSA) is 279 Å². The van der Waals surface area contributed by atoms with E-state index >= 15 is 0 Å². The van der Waals surface area contributed by atoms with Crippen LogP contribution >= 0.6 is 12.6 Å². The van der Waals surface area contributed by atoms with Crippen molar-refractivity contribution in [1.82, 2.24) is 41.7 Å². The largest absolute Gasteiger partial charge is 0.480 e. The molecule has 8 atom stereocenters. The number of carboxylic acid groups (broad SMARTS) is 1. The molecule has 0 spiro atoms. The summed E-state index contributed by atoms with van der Waals surface area (Å²) in [6.45, 7) is 11.8. The highest BCUT2D eigenvalue weighted by Gasteiger charge is 2.43. The Morgan fingerprint density at radius 2 is 1.22 bits per heavy atom. The van der Waals surface area contributed by atoms with Gasteiger partial charge in [-0.2, -0.15) is 12.6 Å². The van der Waals surface area contributed by atoms with Gasteiger partial charge in [0, 0.05) is 25.3 Å². The van der Waals surface area contributed by atoms with Crippen molar-refractivity contribution in [2.24, 2.45) is 23.5 Å². The standard InChI is InChI=1S/C39H65N9O10S/c1-20(2)18-25(43-34(52)28-12-8-16-47(28)37(55)24-10-7-15-41-24)38(56)48-17-9-11-27(48)33(51)42-23(13-14-29(40)49)32(50)45-31(22(5)6)36(54)46-30(21(3)4)35(53)44-26(19-59)39(57)58/h20-28,30-31,41,59H,7-19H2,1-6H3,(H2,40,49)(H,42,51)(H,43,52)(H,44,53)(H,45,50)(H,46,54)(H,57,58). The number of likely N-dealkylation sites (tertiary alicyclic amines) is 2. The van der Waals surface area contributed by atoms with E-state index in [2.05, 4.69) is 44.5 Å². The van der Waals surface area contributed by atoms with E-state index in [1.54, 1.807) is 32.6 Å². The number of nitrogens with zero attached hydrogens (tertiary/aromatic N) is 2. The smallest absolute Gasteiger partial charge is 0.327 e. The van der Waals surface area contributed by atoms with E-state index in [0.717, 1.165) is 13.0 Å². The molecule has 9 N–H and O–H groups in total. The maximum atomic E-state index is 14.2. The first-order valence-corrected chi connectivity index (χ1v) is 21.4. The number of nitrogens with two attached hydrogens (primary N) is 1. The van der Waals surface area contributed by atoms with Gasteiger partial charge in [-0.05, 0) is 75.7 Å². The van der Waals surface area contributed by atoms with Crippen LogP contribution in [0.4, 0.5) is 0 Å². The number of hydrogen-bond donors (Lipinski definition) is 9. The van der Waals surface area contributed by atoms with Crippen molar-refractivity contribution in [2.45, 2.75) is 148 Å². The summed E-state index contributed by atoms with van der Waals surface area (Å²) in [6, 6.07) is -8.11. The van der Waals surface area contributed by atoms with Gasteiger partial charge in [0.2, 0.25) is 47.3 Å². The molecule has 3 heterocycles. The predicted octanol–water partition coefficient (Wildman–Crippen LogP) is -1.22. The van der Waals surface area contributed by atoms with Gasteiger partial charge >= 0.3 is 5.97 Å². The van der Waals surface area contributed by atoms with E-state index in [1.165, 1.54) is 4.90 Å². The maximum absolute atomic E-state index is 14.2. The van der Waals surface area contributed by atoms with Crippen molar-refractivity contribution in [3.63, 3.8) is 0 Å². The van der Waals surface area contributed by atoms with Crippen LogP contribution in [-0.2, 0) is 43.2 Å². The van der Waals surface area contributed by atoms with Crippen LogP contribution in [0.1, 0.15) is 99.3 Å². The molecule has 0 aliphatic carbocycles. The molecule has 3 aliphatic heterocycles. The van der Waals surface area contributed by atoms with Gasteiger partial charge in [0.05, 0.1) is 6.04 Å². The number of hydrogen-bond acceptors (Lipinski definition) is 11. The third kappa shape index (κ3) is 13.8. The number of carbonyl (C=O) groups excluding carboxylic acids is 8. The molecule has 8 unspecified atom stereocenters. The molecular formula is C39H65N9O10S. The van der Waals surface area contributed by atoms with Crippen LogP contribution in [0.2, 0.25) is 0 Å². The van der Waals surface area contributed by atoms with E-state index in [9.17, 15) is 48.3 Å². The second-order valence-electron chi connectivity index (χ2n) is 16.8. The Morgan fingerprint density at radius 1 is 0.695 bits per heavy atom. The lowest BCUT2D eigenvalue weighted by atomic mass is 9.98. The summed E-state index contributed by atoms with van der Waals surface area (Å²) < 4.78 is 0. The number of thiol groups is 1. The number of primary amides is 1. The number of carboxylic acids is 1. The molecule has 8 amide bonds. The zero-order chi connectivity index (χ0) is 44.1. The fraction of sp³-hybridized carbons (Fsp3) is 0.769. The van der Waals surface area contributed by atoms with Gasteiger partial charge in [0.15, 0.2) is 0 Å². The van der Waals surface area contributed by atoms with Gasteiger partial charge in [-0.3, -0.25) is 38.4 Å². The molecule has 0 aromatic heterocycles. The van der Waals surface area contributed by atoms with E-state index in [-0.39, 0.29) is 55.8 Å². The molecule has 0 radical (unpaired) electrons. The van der Waals surface area contributed by atoms with E-state index < -0.39 is 101 Å². The minimum absolute atomic E-state index is 0.0176. The third-order valence-electron chi connectivity index (χ3n) is 11.0. The molecule has 332 valence electrons. The fourth-order valence-electron chi connectivity index (χ4n) is 7.70. The molecule has 0 bridgehead atoms. The first kappa shape index (κ1) is 48.9. The van der Waals surface area contributed by atoms with E-state index in [4.69, 9.17) is 5.73 Å². The Morgan fingerprint density at radius 3 is 1.71 bits per heavy atom. The Kier molecular flexibility index (Phi) is 18.9. The lowest BCUT2D eigenvalue weighted by Gasteiger charge is -2.32. The average molecular weight is 852 g/mol. The van der Waals surface area contributed by atoms with E-state index in [0.29, 0.717) is 32.2 Å². The van der Waals surface area contributed by atoms with Crippen LogP contribution in [0.5, 0.6) is 0 Å². The molecule has 3 saturated heterocycles. The van der Waals surface area contributed by atoms with Crippen molar-refractivity contribution in [2.75, 3.05) is 25.4 Å². The van der Waals surface area contributed by atoms with Gasteiger partial charge in [-0.25, -0.2) is 4.79 Å². The van der Waals surface area contributed by atoms with Crippen LogP contribution in [0.25, 0.3) is 0 Å². The summed E-state index contributed by atoms with van der Waals surface area (Å²) >= 11 is 3.96. The summed E-state index contributed by atoms with van der Waals surface area (Å²) in [6.07, 6.45) is 3.17. The first-order valence-electron chi connectivity index (χ1n) is 20.7. The number of amides is 8. The normalized spacial score (nSPS) is 21.7. The van der Waals surface area contributed by atoms with Crippen molar-refractivity contribution < 1.29 is 48.3 Å². The minimum Gasteiger partial charge on any atom is -0.480 e. The van der Waals surface area contributed by atoms with Crippen molar-refractivity contribution >= 4 is 65.9 Å². The molecule has 3 fully saturated rings. The Hall–Kier alpha value is -4.46. The zero-order valence-corrected chi connectivity index (χ0v) is 36.0. The number of aliphatic carboxylic acids is 1. The Labute approximate surface area is 351 Å². The highest BCUT2D eigenvalue weighted by Crippen LogP contribution is 2.24. The summed E-state index contributed by atoms with van der Waals surface area (Å²) in [4.78, 5) is 122. The van der Waals surface area contributed by atoms with Crippen LogP contribution in [0, 0.1) is 17.8 Å². The summed E-state index contributed by atoms with van der Waals surface area (Å²) in [5.74, 6) is -7.28. The fourth-order valence-corrected chi connectivity index (χ4v) is 7.95. The monoisotopic (exact) mass is 851 g/mol. The predicted molar refractivity (Wildman–Crippen MR) is 219 cm³/mol. The maximum Gasteiger partial charge on any atom is 0.327 e. The van der Waals surface area contributed by atoms with Gasteiger partial charge in [-0.15, -0.1) is 0 Å².